The van der Waals surface area contributed by atoms with E-state index in [0.29, 0.717) is 18.8 Å². The van der Waals surface area contributed by atoms with Crippen molar-refractivity contribution in [3.63, 3.8) is 0 Å². The van der Waals surface area contributed by atoms with E-state index in [2.05, 4.69) is 96.5 Å². The van der Waals surface area contributed by atoms with Gasteiger partial charge in [0.1, 0.15) is 0 Å². The molecule has 0 bridgehead atoms. The predicted molar refractivity (Wildman–Crippen MR) is 90.3 cm³/mol. The van der Waals surface area contributed by atoms with Crippen LogP contribution in [0.4, 0.5) is 0 Å². The van der Waals surface area contributed by atoms with Gasteiger partial charge >= 0.3 is 130 Å². The summed E-state index contributed by atoms with van der Waals surface area (Å²) in [5, 5.41) is 2.97. The van der Waals surface area contributed by atoms with E-state index in [1.807, 2.05) is 0 Å². The first kappa shape index (κ1) is 15.3. The third-order valence-corrected chi connectivity index (χ3v) is 18.2. The molecule has 0 saturated heterocycles. The van der Waals surface area contributed by atoms with E-state index in [0.717, 1.165) is 0 Å². The van der Waals surface area contributed by atoms with Crippen molar-refractivity contribution in [1.29, 1.82) is 0 Å². The molecule has 2 rings (SSSR count). The van der Waals surface area contributed by atoms with Crippen molar-refractivity contribution in [1.82, 2.24) is 0 Å². The summed E-state index contributed by atoms with van der Waals surface area (Å²) < 4.78 is -0.985. The quantitative estimate of drug-likeness (QED) is 0.546. The van der Waals surface area contributed by atoms with E-state index in [1.165, 1.54) is 10.6 Å². The van der Waals surface area contributed by atoms with E-state index < -0.39 is 4.20 Å². The Morgan fingerprint density at radius 3 is 1.47 bits per heavy atom. The molecule has 0 atom stereocenters. The molecule has 0 aliphatic rings. The van der Waals surface area contributed by atoms with Gasteiger partial charge < -0.3 is 0 Å². The van der Waals surface area contributed by atoms with Gasteiger partial charge in [-0.05, 0) is 0 Å². The average molecular weight is 400 g/mol. The summed E-state index contributed by atoms with van der Waals surface area (Å²) in [4.78, 5) is 0. The normalized spacial score (nSPS) is 12.4. The van der Waals surface area contributed by atoms with Crippen molar-refractivity contribution in [2.45, 2.75) is 25.1 Å². The molecule has 0 nitrogen and oxygen atoms in total. The molecule has 0 aromatic heterocycles. The van der Waals surface area contributed by atoms with Crippen LogP contribution < -0.4 is 10.6 Å². The van der Waals surface area contributed by atoms with Crippen LogP contribution in [0.1, 0.15) is 20.8 Å². The van der Waals surface area contributed by atoms with Crippen molar-refractivity contribution in [2.24, 2.45) is 0 Å². The molecule has 19 heavy (non-hydrogen) atoms. The topological polar surface area (TPSA) is 0 Å². The van der Waals surface area contributed by atoms with Crippen LogP contribution >= 0.6 is 4.20 Å². The van der Waals surface area contributed by atoms with Crippen molar-refractivity contribution >= 4 is 44.4 Å². The number of rotatable bonds is 3. The standard InChI is InChI=1S/C16H19PSe2/c1-16(2,3)19-17(18,14-10-6-4-7-11-14)15-12-8-5-9-13-15/h4-13H,1-3H3. The number of hydrogen-bond acceptors (Lipinski definition) is 0. The SMILES string of the molecule is CC(C)(C)[Se]P(=[Se])(c1ccccc1)c1ccccc1. The van der Waals surface area contributed by atoms with Gasteiger partial charge in [-0.25, -0.2) is 0 Å². The van der Waals surface area contributed by atoms with Crippen LogP contribution in [-0.2, 0) is 0 Å². The van der Waals surface area contributed by atoms with Crippen molar-refractivity contribution in [2.75, 3.05) is 0 Å². The second kappa shape index (κ2) is 6.13. The molecule has 100 valence electrons. The van der Waals surface area contributed by atoms with Crippen LogP contribution in [0.25, 0.3) is 0 Å². The Bertz CT molecular complexity index is 527. The van der Waals surface area contributed by atoms with Gasteiger partial charge in [-0.3, -0.25) is 0 Å². The maximum absolute atomic E-state index is 3.62. The van der Waals surface area contributed by atoms with Gasteiger partial charge in [0.2, 0.25) is 0 Å². The first-order valence-corrected chi connectivity index (χ1v) is 13.4. The molecule has 0 heterocycles. The fourth-order valence-corrected chi connectivity index (χ4v) is 20.9. The maximum atomic E-state index is 3.62. The molecule has 0 amide bonds. The molecular weight excluding hydrogens is 381 g/mol. The van der Waals surface area contributed by atoms with Crippen LogP contribution in [0.3, 0.4) is 0 Å². The molecule has 0 saturated carbocycles. The molecular formula is C16H19PSe2. The number of benzene rings is 2. The summed E-state index contributed by atoms with van der Waals surface area (Å²) in [7, 11) is 0. The van der Waals surface area contributed by atoms with Crippen molar-refractivity contribution < 1.29 is 0 Å². The van der Waals surface area contributed by atoms with E-state index in [-0.39, 0.29) is 0 Å². The van der Waals surface area contributed by atoms with E-state index >= 15 is 0 Å². The van der Waals surface area contributed by atoms with Gasteiger partial charge in [-0.2, -0.15) is 0 Å². The van der Waals surface area contributed by atoms with E-state index in [1.54, 1.807) is 0 Å². The molecule has 0 spiro atoms. The van der Waals surface area contributed by atoms with Crippen LogP contribution in [0.2, 0.25) is 4.31 Å². The Labute approximate surface area is 130 Å². The van der Waals surface area contributed by atoms with Gasteiger partial charge in [0.05, 0.1) is 0 Å². The molecule has 2 aromatic carbocycles. The van der Waals surface area contributed by atoms with E-state index in [4.69, 9.17) is 0 Å². The molecule has 3 heteroatoms. The first-order valence-electron chi connectivity index (χ1n) is 6.34. The summed E-state index contributed by atoms with van der Waals surface area (Å²) in [6.45, 7) is 7.06. The average Bonchev–Trinajstić information content (AvgIpc) is 2.39. The Hall–Kier alpha value is -0.0910. The van der Waals surface area contributed by atoms with Gasteiger partial charge in [0.15, 0.2) is 0 Å². The fourth-order valence-electron chi connectivity index (χ4n) is 1.89. The summed E-state index contributed by atoms with van der Waals surface area (Å²) in [5.74, 6) is 0. The zero-order valence-corrected chi connectivity index (χ0v) is 15.9. The van der Waals surface area contributed by atoms with Gasteiger partial charge in [0, 0.05) is 0 Å². The van der Waals surface area contributed by atoms with Crippen molar-refractivity contribution in [3.05, 3.63) is 60.7 Å². The first-order chi connectivity index (χ1) is 8.92. The third kappa shape index (κ3) is 3.94. The summed E-state index contributed by atoms with van der Waals surface area (Å²) in [6.07, 6.45) is 0. The summed E-state index contributed by atoms with van der Waals surface area (Å²) in [6, 6.07) is 22.0. The van der Waals surface area contributed by atoms with E-state index in [9.17, 15) is 0 Å². The molecule has 0 aliphatic carbocycles. The molecule has 0 radical (unpaired) electrons. The zero-order valence-electron chi connectivity index (χ0n) is 11.5. The van der Waals surface area contributed by atoms with Gasteiger partial charge in [-0.1, -0.05) is 0 Å². The zero-order chi connectivity index (χ0) is 13.9. The van der Waals surface area contributed by atoms with Crippen LogP contribution in [0.15, 0.2) is 60.7 Å². The Morgan fingerprint density at radius 1 is 0.789 bits per heavy atom. The molecule has 0 fully saturated rings. The van der Waals surface area contributed by atoms with Gasteiger partial charge in [0.25, 0.3) is 0 Å². The second-order valence-electron chi connectivity index (χ2n) is 5.43. The Balaban J connectivity index is 2.55. The monoisotopic (exact) mass is 402 g/mol. The summed E-state index contributed by atoms with van der Waals surface area (Å²) in [5.41, 5.74) is 0. The third-order valence-electron chi connectivity index (χ3n) is 2.59. The van der Waals surface area contributed by atoms with Crippen LogP contribution in [0, 0.1) is 0 Å². The molecule has 0 N–H and O–H groups in total. The summed E-state index contributed by atoms with van der Waals surface area (Å²) >= 11 is 4.15. The minimum absolute atomic E-state index is 0.373. The second-order valence-corrected chi connectivity index (χ2v) is 21.9. The molecule has 0 aliphatic heterocycles. The Kier molecular flexibility index (Phi) is 4.93. The molecule has 0 unspecified atom stereocenters. The van der Waals surface area contributed by atoms with Gasteiger partial charge in [-0.15, -0.1) is 0 Å². The van der Waals surface area contributed by atoms with Crippen LogP contribution in [0.5, 0.6) is 0 Å². The predicted octanol–water partition coefficient (Wildman–Crippen LogP) is 3.58. The van der Waals surface area contributed by atoms with Crippen LogP contribution in [-0.4, -0.2) is 29.6 Å². The number of hydrogen-bond donors (Lipinski definition) is 0. The molecule has 2 aromatic rings. The minimum atomic E-state index is -1.36. The van der Waals surface area contributed by atoms with Crippen molar-refractivity contribution in [3.8, 4) is 0 Å². The Morgan fingerprint density at radius 2 is 1.16 bits per heavy atom. The fraction of sp³-hybridized carbons (Fsp3) is 0.250.